The average molecular weight is 302 g/mol. The first-order valence-electron chi connectivity index (χ1n) is 7.12. The zero-order valence-electron chi connectivity index (χ0n) is 13.0. The lowest BCUT2D eigenvalue weighted by atomic mass is 10.0. The molecule has 0 N–H and O–H groups in total. The lowest BCUT2D eigenvalue weighted by Crippen LogP contribution is -2.55. The van der Waals surface area contributed by atoms with Crippen LogP contribution >= 0.6 is 0 Å². The normalized spacial score (nSPS) is 44.8. The van der Waals surface area contributed by atoms with Crippen LogP contribution in [0.3, 0.4) is 0 Å². The molecule has 3 unspecified atom stereocenters. The van der Waals surface area contributed by atoms with Crippen LogP contribution in [-0.2, 0) is 33.2 Å². The highest BCUT2D eigenvalue weighted by Gasteiger charge is 2.58. The molecule has 3 saturated heterocycles. The third kappa shape index (κ3) is 2.74. The summed E-state index contributed by atoms with van der Waals surface area (Å²) in [5, 5.41) is 0. The van der Waals surface area contributed by atoms with E-state index in [2.05, 4.69) is 0 Å². The summed E-state index contributed by atoms with van der Waals surface area (Å²) in [4.78, 5) is 12.5. The summed E-state index contributed by atoms with van der Waals surface area (Å²) >= 11 is 0. The van der Waals surface area contributed by atoms with Crippen molar-refractivity contribution in [2.24, 2.45) is 0 Å². The highest BCUT2D eigenvalue weighted by molar-refractivity contribution is 5.87. The number of hydrogen-bond acceptors (Lipinski definition) is 7. The van der Waals surface area contributed by atoms with Gasteiger partial charge in [-0.2, -0.15) is 0 Å². The summed E-state index contributed by atoms with van der Waals surface area (Å²) in [5.74, 6) is -1.90. The van der Waals surface area contributed by atoms with Crippen molar-refractivity contribution in [3.63, 3.8) is 0 Å². The van der Waals surface area contributed by atoms with Gasteiger partial charge in [-0.15, -0.1) is 0 Å². The van der Waals surface area contributed by atoms with Gasteiger partial charge in [0.05, 0.1) is 6.61 Å². The third-order valence-corrected chi connectivity index (χ3v) is 3.86. The molecule has 0 saturated carbocycles. The number of carbonyl (C=O) groups excluding carboxylic acids is 1. The number of ether oxygens (including phenoxy) is 6. The summed E-state index contributed by atoms with van der Waals surface area (Å²) in [7, 11) is 1.42. The molecule has 21 heavy (non-hydrogen) atoms. The van der Waals surface area contributed by atoms with Crippen molar-refractivity contribution in [3.8, 4) is 0 Å². The molecule has 0 amide bonds. The Morgan fingerprint density at radius 2 is 1.71 bits per heavy atom. The molecule has 3 fully saturated rings. The Hall–Kier alpha value is -0.570. The van der Waals surface area contributed by atoms with Gasteiger partial charge in [0, 0.05) is 7.11 Å². The molecule has 0 aromatic rings. The predicted octanol–water partition coefficient (Wildman–Crippen LogP) is 0.598. The summed E-state index contributed by atoms with van der Waals surface area (Å²) in [6.07, 6.45) is -3.21. The van der Waals surface area contributed by atoms with E-state index < -0.39 is 42.3 Å². The van der Waals surface area contributed by atoms with Crippen LogP contribution in [0.5, 0.6) is 0 Å². The number of ketones is 1. The fourth-order valence-electron chi connectivity index (χ4n) is 2.99. The first-order chi connectivity index (χ1) is 9.72. The lowest BCUT2D eigenvalue weighted by Gasteiger charge is -2.42. The van der Waals surface area contributed by atoms with Crippen molar-refractivity contribution in [1.29, 1.82) is 0 Å². The molecule has 0 spiro atoms. The minimum atomic E-state index is -1.00. The van der Waals surface area contributed by atoms with Crippen LogP contribution in [0, 0.1) is 0 Å². The van der Waals surface area contributed by atoms with Crippen molar-refractivity contribution in [1.82, 2.24) is 0 Å². The van der Waals surface area contributed by atoms with E-state index in [1.165, 1.54) is 7.11 Å². The van der Waals surface area contributed by atoms with Gasteiger partial charge < -0.3 is 28.4 Å². The Morgan fingerprint density at radius 1 is 1.05 bits per heavy atom. The molecule has 7 nitrogen and oxygen atoms in total. The van der Waals surface area contributed by atoms with Crippen LogP contribution in [0.15, 0.2) is 0 Å². The quantitative estimate of drug-likeness (QED) is 0.702. The molecule has 3 rings (SSSR count). The molecule has 0 radical (unpaired) electrons. The van der Waals surface area contributed by atoms with Gasteiger partial charge in [0.25, 0.3) is 0 Å². The van der Waals surface area contributed by atoms with Gasteiger partial charge in [-0.05, 0) is 27.7 Å². The molecule has 3 aliphatic rings. The molecule has 3 heterocycles. The van der Waals surface area contributed by atoms with E-state index in [9.17, 15) is 4.79 Å². The number of methoxy groups -OCH3 is 1. The van der Waals surface area contributed by atoms with E-state index in [1.807, 2.05) is 13.8 Å². The van der Waals surface area contributed by atoms with Crippen molar-refractivity contribution in [2.45, 2.75) is 70.0 Å². The van der Waals surface area contributed by atoms with Crippen molar-refractivity contribution in [3.05, 3.63) is 0 Å². The van der Waals surface area contributed by atoms with Crippen LogP contribution in [-0.4, -0.2) is 61.8 Å². The van der Waals surface area contributed by atoms with Crippen LogP contribution < -0.4 is 0 Å². The van der Waals surface area contributed by atoms with Gasteiger partial charge >= 0.3 is 0 Å². The molecule has 0 aliphatic carbocycles. The van der Waals surface area contributed by atoms with E-state index in [0.717, 1.165) is 0 Å². The van der Waals surface area contributed by atoms with Crippen LogP contribution in [0.2, 0.25) is 0 Å². The standard InChI is InChI=1S/C14H22O7/c1-13(2)17-6-7-9(19-13)11-10(20-14(3,4)21-11)8(15)12(16-5)18-7/h7,9-12H,6H2,1-5H3/t7?,9-,10?,11?,12+/m1/s1. The highest BCUT2D eigenvalue weighted by Crippen LogP contribution is 2.39. The Kier molecular flexibility index (Phi) is 3.63. The second-order valence-electron chi connectivity index (χ2n) is 6.46. The summed E-state index contributed by atoms with van der Waals surface area (Å²) < 4.78 is 34.0. The molecule has 5 atom stereocenters. The van der Waals surface area contributed by atoms with E-state index >= 15 is 0 Å². The van der Waals surface area contributed by atoms with Crippen LogP contribution in [0.25, 0.3) is 0 Å². The minimum Gasteiger partial charge on any atom is -0.349 e. The maximum Gasteiger partial charge on any atom is 0.220 e. The Morgan fingerprint density at radius 3 is 2.38 bits per heavy atom. The summed E-state index contributed by atoms with van der Waals surface area (Å²) in [5.41, 5.74) is 0. The maximum absolute atomic E-state index is 12.5. The summed E-state index contributed by atoms with van der Waals surface area (Å²) in [6.45, 7) is 7.49. The smallest absolute Gasteiger partial charge is 0.220 e. The zero-order valence-corrected chi connectivity index (χ0v) is 13.0. The molecule has 120 valence electrons. The van der Waals surface area contributed by atoms with Gasteiger partial charge in [0.15, 0.2) is 17.7 Å². The predicted molar refractivity (Wildman–Crippen MR) is 69.4 cm³/mol. The zero-order chi connectivity index (χ0) is 15.4. The van der Waals surface area contributed by atoms with Gasteiger partial charge in [0.1, 0.15) is 18.3 Å². The van der Waals surface area contributed by atoms with Gasteiger partial charge in [-0.1, -0.05) is 0 Å². The Balaban J connectivity index is 1.94. The van der Waals surface area contributed by atoms with E-state index in [1.54, 1.807) is 13.8 Å². The largest absolute Gasteiger partial charge is 0.349 e. The Labute approximate surface area is 123 Å². The van der Waals surface area contributed by atoms with Crippen LogP contribution in [0.1, 0.15) is 27.7 Å². The number of hydrogen-bond donors (Lipinski definition) is 0. The topological polar surface area (TPSA) is 72.5 Å². The molecule has 0 aromatic heterocycles. The first-order valence-corrected chi connectivity index (χ1v) is 7.12. The minimum absolute atomic E-state index is 0.288. The Bertz CT molecular complexity index is 433. The molecular weight excluding hydrogens is 280 g/mol. The average Bonchev–Trinajstić information content (AvgIpc) is 2.67. The first kappa shape index (κ1) is 15.3. The molecule has 3 aliphatic heterocycles. The summed E-state index contributed by atoms with van der Waals surface area (Å²) in [6, 6.07) is 0. The van der Waals surface area contributed by atoms with Gasteiger partial charge in [0.2, 0.25) is 12.1 Å². The van der Waals surface area contributed by atoms with E-state index in [4.69, 9.17) is 28.4 Å². The number of rotatable bonds is 1. The van der Waals surface area contributed by atoms with Gasteiger partial charge in [-0.25, -0.2) is 0 Å². The second kappa shape index (κ2) is 4.97. The second-order valence-corrected chi connectivity index (χ2v) is 6.46. The molecule has 0 bridgehead atoms. The van der Waals surface area contributed by atoms with Crippen LogP contribution in [0.4, 0.5) is 0 Å². The number of fused-ring (bicyclic) bond motifs is 3. The number of Topliss-reactive ketones (excluding diaryl/α,β-unsaturated/α-hetero) is 1. The van der Waals surface area contributed by atoms with E-state index in [-0.39, 0.29) is 5.78 Å². The lowest BCUT2D eigenvalue weighted by molar-refractivity contribution is -0.335. The number of carbonyl (C=O) groups is 1. The highest BCUT2D eigenvalue weighted by atomic mass is 16.8. The fraction of sp³-hybridized carbons (Fsp3) is 0.929. The van der Waals surface area contributed by atoms with Gasteiger partial charge in [-0.3, -0.25) is 4.79 Å². The van der Waals surface area contributed by atoms with E-state index in [0.29, 0.717) is 6.61 Å². The maximum atomic E-state index is 12.5. The van der Waals surface area contributed by atoms with Crippen molar-refractivity contribution >= 4 is 5.78 Å². The molecule has 0 aromatic carbocycles. The molecular formula is C14H22O7. The monoisotopic (exact) mass is 302 g/mol. The third-order valence-electron chi connectivity index (χ3n) is 3.86. The van der Waals surface area contributed by atoms with Crippen molar-refractivity contribution < 1.29 is 33.2 Å². The van der Waals surface area contributed by atoms with Crippen molar-refractivity contribution in [2.75, 3.05) is 13.7 Å². The molecule has 7 heteroatoms. The fourth-order valence-corrected chi connectivity index (χ4v) is 2.99. The SMILES string of the molecule is CO[C@H]1OC2COC(C)(C)O[C@H]2C2OC(C)(C)OC2C1=O.